The Morgan fingerprint density at radius 1 is 0.595 bits per heavy atom. The molecule has 4 heteroatoms. The highest BCUT2D eigenvalue weighted by molar-refractivity contribution is 7.25. The molecule has 6 aromatic carbocycles. The quantitative estimate of drug-likeness (QED) is 0.201. The van der Waals surface area contributed by atoms with Gasteiger partial charge in [0.25, 0.3) is 0 Å². The van der Waals surface area contributed by atoms with E-state index in [9.17, 15) is 5.26 Å². The number of benzene rings is 6. The molecule has 0 aliphatic carbocycles. The molecule has 0 N–H and O–H groups in total. The Morgan fingerprint density at radius 2 is 1.21 bits per heavy atom. The molecule has 0 fully saturated rings. The zero-order valence-corrected chi connectivity index (χ0v) is 23.2. The average Bonchev–Trinajstić information content (AvgIpc) is 3.59. The van der Waals surface area contributed by atoms with E-state index in [1.54, 1.807) is 11.3 Å². The Labute approximate surface area is 246 Å². The summed E-state index contributed by atoms with van der Waals surface area (Å²) in [6, 6.07) is 46.3. The predicted molar refractivity (Wildman–Crippen MR) is 176 cm³/mol. The van der Waals surface area contributed by atoms with E-state index in [1.807, 2.05) is 24.3 Å². The maximum absolute atomic E-state index is 10.3. The average molecular weight is 552 g/mol. The zero-order valence-electron chi connectivity index (χ0n) is 22.4. The van der Waals surface area contributed by atoms with Crippen molar-refractivity contribution in [2.75, 3.05) is 0 Å². The SMILES string of the molecule is [C-]#[N+]c1ccc2sc3ccc(-c4ccc(-c5ccccc5-n5c6ccccc6c6ccccc65)cc4C#N)cc3c2c1. The molecular formula is C38H21N3S. The fourth-order valence-electron chi connectivity index (χ4n) is 6.15. The van der Waals surface area contributed by atoms with Crippen molar-refractivity contribution in [2.24, 2.45) is 0 Å². The molecular weight excluding hydrogens is 531 g/mol. The van der Waals surface area contributed by atoms with E-state index in [0.29, 0.717) is 11.3 Å². The van der Waals surface area contributed by atoms with Crippen molar-refractivity contribution in [1.82, 2.24) is 4.57 Å². The van der Waals surface area contributed by atoms with E-state index < -0.39 is 0 Å². The molecule has 0 radical (unpaired) electrons. The van der Waals surface area contributed by atoms with Gasteiger partial charge >= 0.3 is 0 Å². The third-order valence-corrected chi connectivity index (χ3v) is 9.22. The van der Waals surface area contributed by atoms with Crippen LogP contribution in [0, 0.1) is 17.9 Å². The molecule has 0 atom stereocenters. The molecule has 0 amide bonds. The van der Waals surface area contributed by atoms with E-state index in [2.05, 4.69) is 119 Å². The lowest BCUT2D eigenvalue weighted by molar-refractivity contribution is 1.18. The number of nitrogens with zero attached hydrogens (tertiary/aromatic N) is 3. The van der Waals surface area contributed by atoms with Crippen molar-refractivity contribution in [3.63, 3.8) is 0 Å². The second kappa shape index (κ2) is 9.46. The van der Waals surface area contributed by atoms with Crippen molar-refractivity contribution >= 4 is 59.0 Å². The van der Waals surface area contributed by atoms with Crippen LogP contribution in [0.1, 0.15) is 5.56 Å². The van der Waals surface area contributed by atoms with Crippen molar-refractivity contribution < 1.29 is 0 Å². The van der Waals surface area contributed by atoms with Gasteiger partial charge in [0.05, 0.1) is 34.9 Å². The van der Waals surface area contributed by atoms with Gasteiger partial charge in [0.1, 0.15) is 0 Å². The topological polar surface area (TPSA) is 33.1 Å². The summed E-state index contributed by atoms with van der Waals surface area (Å²) in [4.78, 5) is 3.62. The first kappa shape index (κ1) is 24.1. The largest absolute Gasteiger partial charge is 0.309 e. The molecule has 0 aliphatic heterocycles. The second-order valence-electron chi connectivity index (χ2n) is 10.4. The van der Waals surface area contributed by atoms with Gasteiger partial charge in [-0.05, 0) is 69.9 Å². The lowest BCUT2D eigenvalue weighted by atomic mass is 9.94. The molecule has 8 aromatic rings. The predicted octanol–water partition coefficient (Wildman–Crippen LogP) is 10.9. The molecule has 42 heavy (non-hydrogen) atoms. The minimum absolute atomic E-state index is 0.630. The summed E-state index contributed by atoms with van der Waals surface area (Å²) in [5.41, 5.74) is 8.61. The van der Waals surface area contributed by atoms with Gasteiger partial charge in [0.15, 0.2) is 5.69 Å². The fourth-order valence-corrected chi connectivity index (χ4v) is 7.22. The summed E-state index contributed by atoms with van der Waals surface area (Å²) in [6.07, 6.45) is 0. The lowest BCUT2D eigenvalue weighted by Gasteiger charge is -2.15. The van der Waals surface area contributed by atoms with Crippen LogP contribution in [0.5, 0.6) is 0 Å². The van der Waals surface area contributed by atoms with Gasteiger partial charge in [0, 0.05) is 25.7 Å². The van der Waals surface area contributed by atoms with E-state index in [1.165, 1.54) is 15.5 Å². The molecule has 2 aromatic heterocycles. The Balaban J connectivity index is 1.30. The number of hydrogen-bond donors (Lipinski definition) is 0. The van der Waals surface area contributed by atoms with E-state index in [4.69, 9.17) is 6.57 Å². The molecule has 0 unspecified atom stereocenters. The maximum Gasteiger partial charge on any atom is 0.187 e. The molecule has 0 saturated heterocycles. The van der Waals surface area contributed by atoms with Gasteiger partial charge in [0.2, 0.25) is 0 Å². The molecule has 8 rings (SSSR count). The summed E-state index contributed by atoms with van der Waals surface area (Å²) >= 11 is 1.73. The third kappa shape index (κ3) is 3.64. The molecule has 3 nitrogen and oxygen atoms in total. The van der Waals surface area contributed by atoms with Crippen molar-refractivity contribution in [2.45, 2.75) is 0 Å². The van der Waals surface area contributed by atoms with E-state index in [-0.39, 0.29) is 0 Å². The fraction of sp³-hybridized carbons (Fsp3) is 0. The van der Waals surface area contributed by atoms with Crippen LogP contribution >= 0.6 is 11.3 Å². The highest BCUT2D eigenvalue weighted by atomic mass is 32.1. The smallest absolute Gasteiger partial charge is 0.187 e. The van der Waals surface area contributed by atoms with E-state index in [0.717, 1.165) is 54.4 Å². The maximum atomic E-state index is 10.3. The first-order valence-electron chi connectivity index (χ1n) is 13.7. The number of para-hydroxylation sites is 3. The minimum Gasteiger partial charge on any atom is -0.309 e. The van der Waals surface area contributed by atoms with Crippen LogP contribution in [-0.2, 0) is 0 Å². The Hall–Kier alpha value is -5.68. The Kier molecular flexibility index (Phi) is 5.44. The lowest BCUT2D eigenvalue weighted by Crippen LogP contribution is -1.97. The highest BCUT2D eigenvalue weighted by Gasteiger charge is 2.16. The number of nitriles is 1. The van der Waals surface area contributed by atoms with Gasteiger partial charge in [-0.3, -0.25) is 0 Å². The number of fused-ring (bicyclic) bond motifs is 6. The highest BCUT2D eigenvalue weighted by Crippen LogP contribution is 2.40. The first-order chi connectivity index (χ1) is 20.7. The van der Waals surface area contributed by atoms with Crippen LogP contribution in [0.15, 0.2) is 127 Å². The molecule has 0 spiro atoms. The molecule has 0 saturated carbocycles. The normalized spacial score (nSPS) is 11.3. The van der Waals surface area contributed by atoms with Crippen molar-refractivity contribution in [1.29, 1.82) is 5.26 Å². The van der Waals surface area contributed by atoms with Crippen LogP contribution in [0.4, 0.5) is 5.69 Å². The van der Waals surface area contributed by atoms with Crippen LogP contribution in [0.25, 0.3) is 74.8 Å². The van der Waals surface area contributed by atoms with Gasteiger partial charge in [-0.15, -0.1) is 11.3 Å². The van der Waals surface area contributed by atoms with Gasteiger partial charge in [-0.25, -0.2) is 4.85 Å². The number of thiophene rings is 1. The van der Waals surface area contributed by atoms with E-state index >= 15 is 0 Å². The van der Waals surface area contributed by atoms with Gasteiger partial charge in [-0.2, -0.15) is 5.26 Å². The van der Waals surface area contributed by atoms with Crippen LogP contribution in [0.2, 0.25) is 0 Å². The molecule has 2 heterocycles. The Morgan fingerprint density at radius 3 is 1.95 bits per heavy atom. The zero-order chi connectivity index (χ0) is 28.2. The van der Waals surface area contributed by atoms with Crippen LogP contribution in [-0.4, -0.2) is 4.57 Å². The second-order valence-corrected chi connectivity index (χ2v) is 11.4. The molecule has 0 bridgehead atoms. The number of rotatable bonds is 3. The van der Waals surface area contributed by atoms with Crippen LogP contribution in [0.3, 0.4) is 0 Å². The summed E-state index contributed by atoms with van der Waals surface area (Å²) < 4.78 is 4.66. The Bertz CT molecular complexity index is 2390. The summed E-state index contributed by atoms with van der Waals surface area (Å²) in [5.74, 6) is 0. The molecule has 0 aliphatic rings. The number of aromatic nitrogens is 1. The van der Waals surface area contributed by atoms with Gasteiger partial charge in [-0.1, -0.05) is 84.9 Å². The molecule has 194 valence electrons. The first-order valence-corrected chi connectivity index (χ1v) is 14.5. The summed E-state index contributed by atoms with van der Waals surface area (Å²) in [7, 11) is 0. The number of hydrogen-bond acceptors (Lipinski definition) is 2. The monoisotopic (exact) mass is 551 g/mol. The standard InChI is InChI=1S/C38H21N3S/c1-40-27-16-19-38-33(22-27)32-21-25(15-18-37(32)42-38)28-17-14-24(20-26(28)23-39)29-8-2-5-11-34(29)41-35-12-6-3-9-30(35)31-10-4-7-13-36(31)41/h2-22H. The van der Waals surface area contributed by atoms with Crippen LogP contribution < -0.4 is 0 Å². The van der Waals surface area contributed by atoms with Crippen molar-refractivity contribution in [3.05, 3.63) is 144 Å². The summed E-state index contributed by atoms with van der Waals surface area (Å²) in [5, 5.41) is 14.9. The van der Waals surface area contributed by atoms with Crippen molar-refractivity contribution in [3.8, 4) is 34.0 Å². The minimum atomic E-state index is 0.630. The summed E-state index contributed by atoms with van der Waals surface area (Å²) in [6.45, 7) is 7.43. The third-order valence-electron chi connectivity index (χ3n) is 8.07. The van der Waals surface area contributed by atoms with Gasteiger partial charge < -0.3 is 4.57 Å².